The second-order valence-corrected chi connectivity index (χ2v) is 5.13. The second-order valence-electron chi connectivity index (χ2n) is 5.13. The van der Waals surface area contributed by atoms with Crippen LogP contribution in [0.2, 0.25) is 0 Å². The van der Waals surface area contributed by atoms with E-state index in [1.54, 1.807) is 35.9 Å². The molecule has 0 N–H and O–H groups in total. The van der Waals surface area contributed by atoms with Gasteiger partial charge in [0, 0.05) is 50.5 Å². The van der Waals surface area contributed by atoms with Gasteiger partial charge in [0.15, 0.2) is 5.69 Å². The monoisotopic (exact) mass is 311 g/mol. The van der Waals surface area contributed by atoms with E-state index in [0.717, 1.165) is 18.5 Å². The number of pyridine rings is 1. The third-order valence-electron chi connectivity index (χ3n) is 3.44. The predicted molar refractivity (Wildman–Crippen MR) is 82.3 cm³/mol. The van der Waals surface area contributed by atoms with Gasteiger partial charge in [0.2, 0.25) is 0 Å². The van der Waals surface area contributed by atoms with E-state index in [1.165, 1.54) is 6.26 Å². The molecule has 7 nitrogen and oxygen atoms in total. The topological polar surface area (TPSA) is 77.0 Å². The van der Waals surface area contributed by atoms with Crippen LogP contribution in [-0.4, -0.2) is 37.0 Å². The molecule has 0 fully saturated rings. The Morgan fingerprint density at radius 1 is 1.26 bits per heavy atom. The van der Waals surface area contributed by atoms with Crippen LogP contribution in [0.5, 0.6) is 0 Å². The minimum Gasteiger partial charge on any atom is -0.364 e. The lowest BCUT2D eigenvalue weighted by molar-refractivity contribution is 0.0728. The summed E-state index contributed by atoms with van der Waals surface area (Å²) >= 11 is 0. The van der Waals surface area contributed by atoms with Gasteiger partial charge >= 0.3 is 0 Å². The van der Waals surface area contributed by atoms with Gasteiger partial charge in [-0.1, -0.05) is 11.2 Å². The molecule has 0 radical (unpaired) electrons. The van der Waals surface area contributed by atoms with E-state index >= 15 is 0 Å². The van der Waals surface area contributed by atoms with E-state index in [9.17, 15) is 4.79 Å². The fraction of sp³-hybridized carbons (Fsp3) is 0.250. The number of aromatic nitrogens is 4. The largest absolute Gasteiger partial charge is 0.364 e. The lowest BCUT2D eigenvalue weighted by Gasteiger charge is -2.21. The smallest absolute Gasteiger partial charge is 0.276 e. The number of hydrogen-bond acceptors (Lipinski definition) is 5. The van der Waals surface area contributed by atoms with Crippen LogP contribution in [0.3, 0.4) is 0 Å². The molecule has 0 saturated heterocycles. The van der Waals surface area contributed by atoms with Crippen molar-refractivity contribution in [2.75, 3.05) is 6.54 Å². The third-order valence-corrected chi connectivity index (χ3v) is 3.44. The molecule has 0 atom stereocenters. The summed E-state index contributed by atoms with van der Waals surface area (Å²) < 4.78 is 6.77. The Kier molecular flexibility index (Phi) is 4.78. The molecule has 0 saturated carbocycles. The van der Waals surface area contributed by atoms with E-state index in [0.29, 0.717) is 18.8 Å². The predicted octanol–water partition coefficient (Wildman–Crippen LogP) is 2.00. The summed E-state index contributed by atoms with van der Waals surface area (Å²) in [5, 5.41) is 3.74. The number of carbonyl (C=O) groups is 1. The second kappa shape index (κ2) is 7.35. The summed E-state index contributed by atoms with van der Waals surface area (Å²) in [5.41, 5.74) is 1.29. The number of nitrogens with zero attached hydrogens (tertiary/aromatic N) is 5. The lowest BCUT2D eigenvalue weighted by Crippen LogP contribution is -2.32. The van der Waals surface area contributed by atoms with Gasteiger partial charge in [-0.15, -0.1) is 0 Å². The van der Waals surface area contributed by atoms with Crippen molar-refractivity contribution < 1.29 is 9.32 Å². The number of amides is 1. The number of rotatable bonds is 7. The van der Waals surface area contributed by atoms with Gasteiger partial charge in [-0.05, 0) is 18.1 Å². The molecular formula is C16H17N5O2. The van der Waals surface area contributed by atoms with Crippen molar-refractivity contribution in [2.24, 2.45) is 0 Å². The Balaban J connectivity index is 1.66. The Morgan fingerprint density at radius 3 is 2.91 bits per heavy atom. The van der Waals surface area contributed by atoms with Crippen molar-refractivity contribution in [3.05, 3.63) is 66.8 Å². The minimum absolute atomic E-state index is 0.145. The van der Waals surface area contributed by atoms with Crippen molar-refractivity contribution in [3.63, 3.8) is 0 Å². The van der Waals surface area contributed by atoms with Gasteiger partial charge in [-0.2, -0.15) is 0 Å². The SMILES string of the molecule is O=C(c1ccon1)N(CCCn1ccnc1)Cc1cccnc1. The highest BCUT2D eigenvalue weighted by atomic mass is 16.5. The van der Waals surface area contributed by atoms with Crippen LogP contribution in [0, 0.1) is 0 Å². The number of hydrogen-bond donors (Lipinski definition) is 0. The van der Waals surface area contributed by atoms with Crippen LogP contribution in [0.4, 0.5) is 0 Å². The first kappa shape index (κ1) is 15.0. The average Bonchev–Trinajstić information content (AvgIpc) is 3.28. The van der Waals surface area contributed by atoms with Gasteiger partial charge in [0.25, 0.3) is 5.91 Å². The fourth-order valence-electron chi connectivity index (χ4n) is 2.31. The minimum atomic E-state index is -0.145. The Bertz CT molecular complexity index is 710. The summed E-state index contributed by atoms with van der Waals surface area (Å²) in [5.74, 6) is -0.145. The van der Waals surface area contributed by atoms with Crippen LogP contribution in [-0.2, 0) is 13.1 Å². The first-order chi connectivity index (χ1) is 11.3. The van der Waals surface area contributed by atoms with Gasteiger partial charge in [-0.3, -0.25) is 9.78 Å². The van der Waals surface area contributed by atoms with E-state index in [4.69, 9.17) is 4.52 Å². The van der Waals surface area contributed by atoms with Crippen LogP contribution in [0.1, 0.15) is 22.5 Å². The molecule has 3 rings (SSSR count). The van der Waals surface area contributed by atoms with E-state index in [-0.39, 0.29) is 5.91 Å². The van der Waals surface area contributed by atoms with E-state index in [1.807, 2.05) is 22.9 Å². The van der Waals surface area contributed by atoms with E-state index in [2.05, 4.69) is 15.1 Å². The molecule has 1 amide bonds. The maximum atomic E-state index is 12.6. The highest BCUT2D eigenvalue weighted by Crippen LogP contribution is 2.09. The first-order valence-corrected chi connectivity index (χ1v) is 7.37. The number of carbonyl (C=O) groups excluding carboxylic acids is 1. The van der Waals surface area contributed by atoms with Gasteiger partial charge in [-0.25, -0.2) is 4.98 Å². The molecule has 0 aliphatic rings. The lowest BCUT2D eigenvalue weighted by atomic mass is 10.2. The first-order valence-electron chi connectivity index (χ1n) is 7.37. The Labute approximate surface area is 133 Å². The maximum absolute atomic E-state index is 12.6. The molecule has 3 heterocycles. The molecule has 3 aromatic heterocycles. The molecule has 0 aromatic carbocycles. The van der Waals surface area contributed by atoms with Crippen LogP contribution >= 0.6 is 0 Å². The normalized spacial score (nSPS) is 10.6. The Morgan fingerprint density at radius 2 is 2.22 bits per heavy atom. The van der Waals surface area contributed by atoms with Crippen molar-refractivity contribution >= 4 is 5.91 Å². The molecule has 0 spiro atoms. The number of imidazole rings is 1. The molecule has 7 heteroatoms. The van der Waals surface area contributed by atoms with Gasteiger partial charge in [0.05, 0.1) is 6.33 Å². The molecule has 118 valence electrons. The van der Waals surface area contributed by atoms with Crippen molar-refractivity contribution in [1.82, 2.24) is 24.6 Å². The molecule has 0 bridgehead atoms. The third kappa shape index (κ3) is 4.03. The van der Waals surface area contributed by atoms with E-state index < -0.39 is 0 Å². The quantitative estimate of drug-likeness (QED) is 0.667. The summed E-state index contributed by atoms with van der Waals surface area (Å²) in [4.78, 5) is 22.4. The highest BCUT2D eigenvalue weighted by Gasteiger charge is 2.18. The zero-order valence-electron chi connectivity index (χ0n) is 12.6. The molecule has 0 aliphatic heterocycles. The van der Waals surface area contributed by atoms with Crippen molar-refractivity contribution in [3.8, 4) is 0 Å². The Hall–Kier alpha value is -2.96. The van der Waals surface area contributed by atoms with Crippen molar-refractivity contribution in [1.29, 1.82) is 0 Å². The van der Waals surface area contributed by atoms with Crippen LogP contribution in [0.15, 0.2) is 60.1 Å². The standard InChI is InChI=1S/C16H17N5O2/c22-16(15-4-10-23-19-15)21(12-14-3-1-5-17-11-14)8-2-7-20-9-6-18-13-20/h1,3-6,9-11,13H,2,7-8,12H2. The van der Waals surface area contributed by atoms with Crippen LogP contribution < -0.4 is 0 Å². The molecule has 0 aliphatic carbocycles. The molecule has 3 aromatic rings. The maximum Gasteiger partial charge on any atom is 0.276 e. The summed E-state index contributed by atoms with van der Waals surface area (Å²) in [7, 11) is 0. The van der Waals surface area contributed by atoms with Gasteiger partial charge in [0.1, 0.15) is 6.26 Å². The van der Waals surface area contributed by atoms with Crippen LogP contribution in [0.25, 0.3) is 0 Å². The molecule has 23 heavy (non-hydrogen) atoms. The highest BCUT2D eigenvalue weighted by molar-refractivity contribution is 5.92. The fourth-order valence-corrected chi connectivity index (χ4v) is 2.31. The average molecular weight is 311 g/mol. The van der Waals surface area contributed by atoms with Gasteiger partial charge < -0.3 is 14.0 Å². The number of aryl methyl sites for hydroxylation is 1. The summed E-state index contributed by atoms with van der Waals surface area (Å²) in [6.45, 7) is 1.90. The zero-order valence-corrected chi connectivity index (χ0v) is 12.6. The summed E-state index contributed by atoms with van der Waals surface area (Å²) in [6.07, 6.45) is 11.1. The van der Waals surface area contributed by atoms with Crippen molar-refractivity contribution in [2.45, 2.75) is 19.5 Å². The molecule has 0 unspecified atom stereocenters. The molecular weight excluding hydrogens is 294 g/mol. The summed E-state index contributed by atoms with van der Waals surface area (Å²) in [6, 6.07) is 5.39. The zero-order chi connectivity index (χ0) is 15.9.